The van der Waals surface area contributed by atoms with Crippen LogP contribution in [0.25, 0.3) is 0 Å². The molecule has 140 valence electrons. The summed E-state index contributed by atoms with van der Waals surface area (Å²) < 4.78 is 10.7. The Morgan fingerprint density at radius 1 is 1.35 bits per heavy atom. The van der Waals surface area contributed by atoms with E-state index in [1.54, 1.807) is 7.11 Å². The molecule has 1 saturated heterocycles. The molecule has 1 fully saturated rings. The average molecular weight is 358 g/mol. The number of hydrogen-bond donors (Lipinski definition) is 2. The van der Waals surface area contributed by atoms with Crippen LogP contribution in [0.4, 0.5) is 0 Å². The number of carbonyl (C=O) groups is 1. The maximum absolute atomic E-state index is 12.9. The number of piperidine rings is 1. The van der Waals surface area contributed by atoms with Gasteiger partial charge in [0.25, 0.3) is 0 Å². The highest BCUT2D eigenvalue weighted by molar-refractivity contribution is 5.83. The second-order valence-corrected chi connectivity index (χ2v) is 6.87. The van der Waals surface area contributed by atoms with Crippen molar-refractivity contribution in [1.82, 2.24) is 20.8 Å². The lowest BCUT2D eigenvalue weighted by molar-refractivity contribution is -0.137. The molecule has 1 atom stereocenters. The lowest BCUT2D eigenvalue weighted by Crippen LogP contribution is -2.50. The molecule has 0 bridgehead atoms. The molecule has 1 aromatic heterocycles. The third kappa shape index (κ3) is 4.28. The lowest BCUT2D eigenvalue weighted by atomic mass is 9.78. The Morgan fingerprint density at radius 3 is 2.77 bits per heavy atom. The Hall–Kier alpha value is -2.25. The van der Waals surface area contributed by atoms with Crippen molar-refractivity contribution in [3.63, 3.8) is 0 Å². The first-order chi connectivity index (χ1) is 12.6. The minimum Gasteiger partial charge on any atom is -0.384 e. The molecule has 3 rings (SSSR count). The van der Waals surface area contributed by atoms with Crippen LogP contribution in [-0.4, -0.2) is 42.9 Å². The van der Waals surface area contributed by atoms with E-state index in [9.17, 15) is 4.79 Å². The summed E-state index contributed by atoms with van der Waals surface area (Å²) in [5.41, 5.74) is 0.610. The van der Waals surface area contributed by atoms with Gasteiger partial charge in [-0.2, -0.15) is 4.98 Å². The Labute approximate surface area is 153 Å². The summed E-state index contributed by atoms with van der Waals surface area (Å²) in [6.45, 7) is 3.92. The summed E-state index contributed by atoms with van der Waals surface area (Å²) >= 11 is 0. The van der Waals surface area contributed by atoms with Crippen molar-refractivity contribution in [3.8, 4) is 0 Å². The zero-order valence-electron chi connectivity index (χ0n) is 15.3. The molecule has 0 saturated carbocycles. The molecule has 1 amide bonds. The molecule has 1 unspecified atom stereocenters. The summed E-state index contributed by atoms with van der Waals surface area (Å²) in [5, 5.41) is 10.4. The van der Waals surface area contributed by atoms with Crippen LogP contribution < -0.4 is 10.6 Å². The fourth-order valence-electron chi connectivity index (χ4n) is 3.32. The van der Waals surface area contributed by atoms with Crippen LogP contribution in [0.2, 0.25) is 0 Å². The molecule has 26 heavy (non-hydrogen) atoms. The SMILES string of the molecule is COCC1(C(=O)NC(C)c2noc(Cc3ccccc3)n2)CCNCC1. The van der Waals surface area contributed by atoms with Gasteiger partial charge in [-0.05, 0) is 38.4 Å². The van der Waals surface area contributed by atoms with Crippen molar-refractivity contribution in [2.45, 2.75) is 32.2 Å². The topological polar surface area (TPSA) is 89.3 Å². The Bertz CT molecular complexity index is 705. The Morgan fingerprint density at radius 2 is 2.08 bits per heavy atom. The number of amides is 1. The van der Waals surface area contributed by atoms with Gasteiger partial charge in [0, 0.05) is 7.11 Å². The van der Waals surface area contributed by atoms with E-state index in [0.29, 0.717) is 24.7 Å². The summed E-state index contributed by atoms with van der Waals surface area (Å²) in [6, 6.07) is 9.63. The number of carbonyl (C=O) groups excluding carboxylic acids is 1. The van der Waals surface area contributed by atoms with Crippen molar-refractivity contribution in [1.29, 1.82) is 0 Å². The number of rotatable bonds is 7. The van der Waals surface area contributed by atoms with Crippen molar-refractivity contribution in [2.75, 3.05) is 26.8 Å². The molecule has 1 aromatic carbocycles. The number of nitrogens with zero attached hydrogens (tertiary/aromatic N) is 2. The van der Waals surface area contributed by atoms with Crippen LogP contribution in [0.3, 0.4) is 0 Å². The highest BCUT2D eigenvalue weighted by atomic mass is 16.5. The molecule has 0 radical (unpaired) electrons. The summed E-state index contributed by atoms with van der Waals surface area (Å²) in [4.78, 5) is 17.3. The number of hydrogen-bond acceptors (Lipinski definition) is 6. The van der Waals surface area contributed by atoms with E-state index in [2.05, 4.69) is 20.8 Å². The zero-order chi connectivity index (χ0) is 18.4. The van der Waals surface area contributed by atoms with E-state index in [-0.39, 0.29) is 11.9 Å². The summed E-state index contributed by atoms with van der Waals surface area (Å²) in [7, 11) is 1.63. The minimum absolute atomic E-state index is 0.0113. The molecule has 0 aliphatic carbocycles. The number of aromatic nitrogens is 2. The maximum Gasteiger partial charge on any atom is 0.231 e. The fraction of sp³-hybridized carbons (Fsp3) is 0.526. The molecular formula is C19H26N4O3. The van der Waals surface area contributed by atoms with Crippen LogP contribution in [0, 0.1) is 5.41 Å². The number of methoxy groups -OCH3 is 1. The van der Waals surface area contributed by atoms with E-state index < -0.39 is 5.41 Å². The minimum atomic E-state index is -0.495. The van der Waals surface area contributed by atoms with Crippen molar-refractivity contribution < 1.29 is 14.1 Å². The molecule has 0 spiro atoms. The summed E-state index contributed by atoms with van der Waals surface area (Å²) in [6.07, 6.45) is 2.09. The first-order valence-electron chi connectivity index (χ1n) is 9.00. The molecule has 7 heteroatoms. The Balaban J connectivity index is 1.64. The molecular weight excluding hydrogens is 332 g/mol. The molecule has 7 nitrogen and oxygen atoms in total. The molecule has 2 aromatic rings. The van der Waals surface area contributed by atoms with Gasteiger partial charge >= 0.3 is 0 Å². The van der Waals surface area contributed by atoms with E-state index >= 15 is 0 Å². The van der Waals surface area contributed by atoms with Gasteiger partial charge in [-0.1, -0.05) is 35.5 Å². The predicted octanol–water partition coefficient (Wildman–Crippen LogP) is 1.85. The van der Waals surface area contributed by atoms with Crippen molar-refractivity contribution in [2.24, 2.45) is 5.41 Å². The second kappa shape index (κ2) is 8.42. The van der Waals surface area contributed by atoms with Gasteiger partial charge in [0.2, 0.25) is 11.8 Å². The highest BCUT2D eigenvalue weighted by Crippen LogP contribution is 2.30. The van der Waals surface area contributed by atoms with Crippen LogP contribution >= 0.6 is 0 Å². The van der Waals surface area contributed by atoms with Gasteiger partial charge < -0.3 is 19.9 Å². The van der Waals surface area contributed by atoms with Gasteiger partial charge in [-0.25, -0.2) is 0 Å². The number of ether oxygens (including phenoxy) is 1. The normalized spacial score (nSPS) is 17.6. The van der Waals surface area contributed by atoms with Crippen molar-refractivity contribution >= 4 is 5.91 Å². The lowest BCUT2D eigenvalue weighted by Gasteiger charge is -2.36. The Kier molecular flexibility index (Phi) is 6.00. The predicted molar refractivity (Wildman–Crippen MR) is 96.5 cm³/mol. The highest BCUT2D eigenvalue weighted by Gasteiger charge is 2.40. The number of nitrogens with one attached hydrogen (secondary N) is 2. The smallest absolute Gasteiger partial charge is 0.231 e. The fourth-order valence-corrected chi connectivity index (χ4v) is 3.32. The van der Waals surface area contributed by atoms with Crippen molar-refractivity contribution in [3.05, 3.63) is 47.6 Å². The second-order valence-electron chi connectivity index (χ2n) is 6.87. The third-order valence-electron chi connectivity index (χ3n) is 4.88. The van der Waals surface area contributed by atoms with E-state index in [0.717, 1.165) is 31.5 Å². The monoisotopic (exact) mass is 358 g/mol. The van der Waals surface area contributed by atoms with Gasteiger partial charge in [0.1, 0.15) is 0 Å². The third-order valence-corrected chi connectivity index (χ3v) is 4.88. The first kappa shape index (κ1) is 18.5. The van der Waals surface area contributed by atoms with E-state index in [1.165, 1.54) is 0 Å². The zero-order valence-corrected chi connectivity index (χ0v) is 15.3. The van der Waals surface area contributed by atoms with Gasteiger partial charge in [0.05, 0.1) is 24.5 Å². The van der Waals surface area contributed by atoms with E-state index in [4.69, 9.17) is 9.26 Å². The standard InChI is InChI=1S/C19H26N4O3/c1-14(21-18(24)19(13-25-2)8-10-20-11-9-19)17-22-16(26-23-17)12-15-6-4-3-5-7-15/h3-7,14,20H,8-13H2,1-2H3,(H,21,24). The van der Waals surface area contributed by atoms with Crippen LogP contribution in [0.5, 0.6) is 0 Å². The van der Waals surface area contributed by atoms with Gasteiger partial charge in [-0.3, -0.25) is 4.79 Å². The quantitative estimate of drug-likeness (QED) is 0.785. The van der Waals surface area contributed by atoms with Crippen LogP contribution in [-0.2, 0) is 16.0 Å². The summed E-state index contributed by atoms with van der Waals surface area (Å²) in [5.74, 6) is 1.02. The average Bonchev–Trinajstić information content (AvgIpc) is 3.12. The molecule has 1 aliphatic heterocycles. The molecule has 1 aliphatic rings. The van der Waals surface area contributed by atoms with Gasteiger partial charge in [-0.15, -0.1) is 0 Å². The van der Waals surface area contributed by atoms with Crippen LogP contribution in [0.15, 0.2) is 34.9 Å². The van der Waals surface area contributed by atoms with Crippen LogP contribution in [0.1, 0.15) is 43.1 Å². The molecule has 2 heterocycles. The van der Waals surface area contributed by atoms with Gasteiger partial charge in [0.15, 0.2) is 5.82 Å². The van der Waals surface area contributed by atoms with E-state index in [1.807, 2.05) is 37.3 Å². The maximum atomic E-state index is 12.9. The largest absolute Gasteiger partial charge is 0.384 e. The molecule has 2 N–H and O–H groups in total. The first-order valence-corrected chi connectivity index (χ1v) is 9.00. The number of benzene rings is 1.